The molecule has 0 saturated carbocycles. The Labute approximate surface area is 162 Å². The molecule has 0 bridgehead atoms. The zero-order chi connectivity index (χ0) is 19.2. The van der Waals surface area contributed by atoms with Gasteiger partial charge in [-0.15, -0.1) is 0 Å². The predicted octanol–water partition coefficient (Wildman–Crippen LogP) is 1.99. The topological polar surface area (TPSA) is 69.7 Å². The maximum absolute atomic E-state index is 12.3. The summed E-state index contributed by atoms with van der Waals surface area (Å²) in [6.45, 7) is 2.33. The normalized spacial score (nSPS) is 14.0. The number of anilines is 1. The Balaban J connectivity index is 1.46. The van der Waals surface area contributed by atoms with Crippen LogP contribution in [0.25, 0.3) is 0 Å². The monoisotopic (exact) mass is 385 g/mol. The molecule has 0 unspecified atom stereocenters. The second-order valence-electron chi connectivity index (χ2n) is 6.22. The fourth-order valence-electron chi connectivity index (χ4n) is 2.93. The van der Waals surface area contributed by atoms with Gasteiger partial charge in [-0.05, 0) is 24.3 Å². The summed E-state index contributed by atoms with van der Waals surface area (Å²) in [5.41, 5.74) is 1.37. The Morgan fingerprint density at radius 3 is 2.15 bits per heavy atom. The van der Waals surface area contributed by atoms with Crippen molar-refractivity contribution >= 4 is 34.9 Å². The number of hydrogen-bond donors (Lipinski definition) is 1. The molecule has 2 aromatic carbocycles. The summed E-state index contributed by atoms with van der Waals surface area (Å²) < 4.78 is 0. The summed E-state index contributed by atoms with van der Waals surface area (Å²) >= 11 is 5.91. The van der Waals surface area contributed by atoms with E-state index in [9.17, 15) is 14.4 Å². The zero-order valence-corrected chi connectivity index (χ0v) is 15.5. The van der Waals surface area contributed by atoms with Crippen molar-refractivity contribution in [3.05, 3.63) is 65.2 Å². The van der Waals surface area contributed by atoms with Crippen molar-refractivity contribution < 1.29 is 14.4 Å². The van der Waals surface area contributed by atoms with E-state index in [0.29, 0.717) is 36.8 Å². The molecule has 1 saturated heterocycles. The number of hydrogen-bond acceptors (Lipinski definition) is 4. The first-order valence-corrected chi connectivity index (χ1v) is 9.08. The number of amides is 2. The summed E-state index contributed by atoms with van der Waals surface area (Å²) in [5, 5.41) is 3.11. The van der Waals surface area contributed by atoms with Gasteiger partial charge in [0, 0.05) is 42.5 Å². The molecule has 0 radical (unpaired) electrons. The lowest BCUT2D eigenvalue weighted by Gasteiger charge is -2.36. The predicted molar refractivity (Wildman–Crippen MR) is 104 cm³/mol. The minimum absolute atomic E-state index is 0.182. The van der Waals surface area contributed by atoms with E-state index in [1.54, 1.807) is 35.2 Å². The van der Waals surface area contributed by atoms with E-state index in [4.69, 9.17) is 11.6 Å². The Morgan fingerprint density at radius 1 is 0.889 bits per heavy atom. The van der Waals surface area contributed by atoms with E-state index < -0.39 is 11.7 Å². The first-order valence-electron chi connectivity index (χ1n) is 8.70. The fourth-order valence-corrected chi connectivity index (χ4v) is 3.06. The van der Waals surface area contributed by atoms with Crippen LogP contribution < -0.4 is 10.2 Å². The van der Waals surface area contributed by atoms with Gasteiger partial charge in [0.2, 0.25) is 11.7 Å². The van der Waals surface area contributed by atoms with Gasteiger partial charge in [0.1, 0.15) is 0 Å². The van der Waals surface area contributed by atoms with Gasteiger partial charge in [-0.3, -0.25) is 14.4 Å². The number of piperazine rings is 1. The number of carbonyl (C=O) groups is 3. The molecule has 7 heteroatoms. The molecule has 6 nitrogen and oxygen atoms in total. The molecule has 0 atom stereocenters. The molecule has 1 aliphatic rings. The van der Waals surface area contributed by atoms with Crippen molar-refractivity contribution in [2.45, 2.75) is 0 Å². The van der Waals surface area contributed by atoms with E-state index in [2.05, 4.69) is 10.2 Å². The van der Waals surface area contributed by atoms with Crippen LogP contribution in [0.3, 0.4) is 0 Å². The highest BCUT2D eigenvalue weighted by Crippen LogP contribution is 2.19. The first kappa shape index (κ1) is 18.9. The minimum atomic E-state index is -0.769. The maximum Gasteiger partial charge on any atom is 0.292 e. The van der Waals surface area contributed by atoms with Gasteiger partial charge in [0.05, 0.1) is 6.54 Å². The quantitative estimate of drug-likeness (QED) is 0.631. The highest BCUT2D eigenvalue weighted by Gasteiger charge is 2.23. The van der Waals surface area contributed by atoms with E-state index in [-0.39, 0.29) is 12.5 Å². The average Bonchev–Trinajstić information content (AvgIpc) is 2.72. The number of halogens is 1. The number of nitrogens with zero attached hydrogens (tertiary/aromatic N) is 2. The first-order chi connectivity index (χ1) is 13.0. The van der Waals surface area contributed by atoms with Crippen LogP contribution in [0.2, 0.25) is 5.02 Å². The Bertz CT molecular complexity index is 816. The number of rotatable bonds is 5. The lowest BCUT2D eigenvalue weighted by atomic mass is 10.1. The lowest BCUT2D eigenvalue weighted by molar-refractivity contribution is -0.132. The smallest absolute Gasteiger partial charge is 0.292 e. The summed E-state index contributed by atoms with van der Waals surface area (Å²) in [6.07, 6.45) is 0. The van der Waals surface area contributed by atoms with E-state index in [1.807, 2.05) is 24.3 Å². The number of benzene rings is 2. The highest BCUT2D eigenvalue weighted by molar-refractivity contribution is 6.43. The number of ketones is 1. The van der Waals surface area contributed by atoms with Crippen LogP contribution in [-0.4, -0.2) is 55.2 Å². The molecule has 1 heterocycles. The molecule has 27 heavy (non-hydrogen) atoms. The van der Waals surface area contributed by atoms with Crippen LogP contribution >= 0.6 is 11.6 Å². The van der Waals surface area contributed by atoms with Crippen molar-refractivity contribution in [2.24, 2.45) is 0 Å². The molecule has 2 amide bonds. The van der Waals surface area contributed by atoms with Gasteiger partial charge in [0.25, 0.3) is 5.91 Å². The van der Waals surface area contributed by atoms with Gasteiger partial charge in [-0.1, -0.05) is 41.9 Å². The summed E-state index contributed by atoms with van der Waals surface area (Å²) in [4.78, 5) is 40.1. The van der Waals surface area contributed by atoms with Crippen LogP contribution in [-0.2, 0) is 9.59 Å². The van der Waals surface area contributed by atoms with Gasteiger partial charge < -0.3 is 15.1 Å². The molecule has 1 N–H and O–H groups in total. The second kappa shape index (κ2) is 8.68. The van der Waals surface area contributed by atoms with Crippen molar-refractivity contribution in [3.8, 4) is 0 Å². The molecular weight excluding hydrogens is 366 g/mol. The van der Waals surface area contributed by atoms with Crippen molar-refractivity contribution in [1.29, 1.82) is 0 Å². The van der Waals surface area contributed by atoms with Crippen LogP contribution in [0.4, 0.5) is 5.69 Å². The second-order valence-corrected chi connectivity index (χ2v) is 6.66. The molecular formula is C20H20ClN3O3. The third-order valence-corrected chi connectivity index (χ3v) is 4.72. The standard InChI is InChI=1S/C20H20ClN3O3/c21-16-6-8-17(9-7-16)23-10-12-24(13-11-23)18(25)14-22-20(27)19(26)15-4-2-1-3-5-15/h1-9H,10-14H2,(H,22,27). The fraction of sp³-hybridized carbons (Fsp3) is 0.250. The van der Waals surface area contributed by atoms with Crippen molar-refractivity contribution in [3.63, 3.8) is 0 Å². The molecule has 0 aliphatic carbocycles. The van der Waals surface area contributed by atoms with Gasteiger partial charge >= 0.3 is 0 Å². The third-order valence-electron chi connectivity index (χ3n) is 4.47. The zero-order valence-electron chi connectivity index (χ0n) is 14.7. The third kappa shape index (κ3) is 4.86. The van der Waals surface area contributed by atoms with Gasteiger partial charge in [-0.2, -0.15) is 0 Å². The largest absolute Gasteiger partial charge is 0.368 e. The Hall–Kier alpha value is -2.86. The maximum atomic E-state index is 12.3. The van der Waals surface area contributed by atoms with Crippen molar-refractivity contribution in [2.75, 3.05) is 37.6 Å². The Morgan fingerprint density at radius 2 is 1.52 bits per heavy atom. The van der Waals surface area contributed by atoms with Crippen LogP contribution in [0.1, 0.15) is 10.4 Å². The summed E-state index contributed by atoms with van der Waals surface area (Å²) in [5.74, 6) is -1.61. The minimum Gasteiger partial charge on any atom is -0.368 e. The highest BCUT2D eigenvalue weighted by atomic mass is 35.5. The molecule has 0 spiro atoms. The van der Waals surface area contributed by atoms with E-state index >= 15 is 0 Å². The Kier molecular flexibility index (Phi) is 6.08. The average molecular weight is 386 g/mol. The lowest BCUT2D eigenvalue weighted by Crippen LogP contribution is -2.51. The number of Topliss-reactive ketones (excluding diaryl/α,β-unsaturated/α-hetero) is 1. The molecule has 140 valence electrons. The number of nitrogens with one attached hydrogen (secondary N) is 1. The molecule has 2 aromatic rings. The van der Waals surface area contributed by atoms with Gasteiger partial charge in [0.15, 0.2) is 0 Å². The van der Waals surface area contributed by atoms with Crippen LogP contribution in [0, 0.1) is 0 Å². The van der Waals surface area contributed by atoms with Gasteiger partial charge in [-0.25, -0.2) is 0 Å². The van der Waals surface area contributed by atoms with E-state index in [0.717, 1.165) is 5.69 Å². The number of carbonyl (C=O) groups excluding carboxylic acids is 3. The van der Waals surface area contributed by atoms with Crippen LogP contribution in [0.15, 0.2) is 54.6 Å². The summed E-state index contributed by atoms with van der Waals surface area (Å²) in [6, 6.07) is 15.9. The molecule has 3 rings (SSSR count). The molecule has 0 aromatic heterocycles. The molecule has 1 fully saturated rings. The van der Waals surface area contributed by atoms with Crippen molar-refractivity contribution in [1.82, 2.24) is 10.2 Å². The van der Waals surface area contributed by atoms with E-state index in [1.165, 1.54) is 0 Å². The summed E-state index contributed by atoms with van der Waals surface area (Å²) in [7, 11) is 0. The van der Waals surface area contributed by atoms with Crippen LogP contribution in [0.5, 0.6) is 0 Å². The SMILES string of the molecule is O=C(NCC(=O)N1CCN(c2ccc(Cl)cc2)CC1)C(=O)c1ccccc1. The molecule has 1 aliphatic heterocycles.